The van der Waals surface area contributed by atoms with E-state index in [1.54, 1.807) is 6.92 Å². The molecule has 572 valence electrons. The molecule has 0 saturated carbocycles. The molecule has 13 atom stereocenters. The van der Waals surface area contributed by atoms with E-state index in [1.807, 2.05) is 52.0 Å². The zero-order valence-electron chi connectivity index (χ0n) is 62.5. The van der Waals surface area contributed by atoms with E-state index in [-0.39, 0.29) is 107 Å². The van der Waals surface area contributed by atoms with E-state index in [2.05, 4.69) is 162 Å². The molecule has 7 fully saturated rings. The summed E-state index contributed by atoms with van der Waals surface area (Å²) in [5, 5.41) is 31.0. The van der Waals surface area contributed by atoms with Crippen molar-refractivity contribution in [1.82, 2.24) is 0 Å². The van der Waals surface area contributed by atoms with Crippen LogP contribution in [0.5, 0.6) is 0 Å². The lowest BCUT2D eigenvalue weighted by Gasteiger charge is -2.45. The number of ketones is 1. The maximum absolute atomic E-state index is 12.0. The molecule has 7 aliphatic rings. The van der Waals surface area contributed by atoms with Crippen molar-refractivity contribution in [1.29, 1.82) is 0 Å². The van der Waals surface area contributed by atoms with Crippen LogP contribution in [0.25, 0.3) is 0 Å². The standard InChI is InChI=1S/C24H32O3Si.C23H30O3Si.C8H14O3.C7H12O3.C7H10O3.C5H5ClO3.C5H6O4/c1-6-21(22-17-18(2)23(25)26-22)27-28(24(3,4)5,19-13-9-7-10-14-19)20-15-11-8-12-16-20;1-5-20(21-16-17-22(24)25-21)26-27(23(2,3)4,18-12-8-6-9-13-18)19-14-10-7-11-15-19;1-3-6(9)7-4-5(2)8(10)11-7;2*1-2-5(8)6-3-4-7(9)10-6;6-5(8)3-1-2-4(7)9-3;6-4-2-1-3(9-4)5(7)8/h7-16,18,21-22H,6,17H2,1-5H3;6-15,20-21H,5,16-17H2,1-4H3;5-7,9H,3-4H2,1-2H3;5-6,8H,2-4H2,1H3;6H,2-4H2,1H3;3H,1-2H2;3H,1-2H2,(H,7,8)/t18-,21+,22+;20-,21-;5-,6+,7+;5?,6-;6-;2*3-/m1010000/s1. The Balaban J connectivity index is 0.000000233. The van der Waals surface area contributed by atoms with Gasteiger partial charge in [-0.2, -0.15) is 0 Å². The van der Waals surface area contributed by atoms with E-state index in [0.717, 1.165) is 25.7 Å². The molecule has 4 aromatic carbocycles. The summed E-state index contributed by atoms with van der Waals surface area (Å²) < 4.78 is 49.0. The summed E-state index contributed by atoms with van der Waals surface area (Å²) in [7, 11) is -5.25. The molecule has 1 unspecified atom stereocenters. The third-order valence-electron chi connectivity index (χ3n) is 19.1. The first-order valence-electron chi connectivity index (χ1n) is 36.5. The normalized spacial score (nSPS) is 23.8. The maximum Gasteiger partial charge on any atom is 0.345 e. The van der Waals surface area contributed by atoms with Crippen LogP contribution in [0.1, 0.15) is 199 Å². The Bertz CT molecular complexity index is 3300. The van der Waals surface area contributed by atoms with E-state index in [9.17, 15) is 58.2 Å². The summed E-state index contributed by atoms with van der Waals surface area (Å²) in [4.78, 5) is 107. The molecule has 22 nitrogen and oxygen atoms in total. The lowest BCUT2D eigenvalue weighted by Crippen LogP contribution is -2.68. The van der Waals surface area contributed by atoms with Crippen molar-refractivity contribution in [3.05, 3.63) is 121 Å². The van der Waals surface area contributed by atoms with Crippen molar-refractivity contribution in [2.45, 2.75) is 276 Å². The van der Waals surface area contributed by atoms with E-state index < -0.39 is 64.3 Å². The van der Waals surface area contributed by atoms with Crippen LogP contribution in [0, 0.1) is 11.8 Å². The zero-order valence-corrected chi connectivity index (χ0v) is 65.3. The smallest absolute Gasteiger partial charge is 0.345 e. The number of carboxylic acid groups (broad SMARTS) is 1. The van der Waals surface area contributed by atoms with E-state index in [1.165, 1.54) is 20.7 Å². The van der Waals surface area contributed by atoms with Gasteiger partial charge in [0.25, 0.3) is 21.9 Å². The van der Waals surface area contributed by atoms with Crippen molar-refractivity contribution in [2.24, 2.45) is 11.8 Å². The summed E-state index contributed by atoms with van der Waals surface area (Å²) in [6.07, 6.45) is 5.43. The number of carboxylic acids is 1. The summed E-state index contributed by atoms with van der Waals surface area (Å²) >= 11 is 5.03. The molecule has 25 heteroatoms. The van der Waals surface area contributed by atoms with Gasteiger partial charge in [-0.25, -0.2) is 4.79 Å². The molecule has 7 saturated heterocycles. The van der Waals surface area contributed by atoms with Crippen LogP contribution < -0.4 is 20.7 Å². The Hall–Kier alpha value is -7.46. The SMILES string of the molecule is CCC(=O)[C@@H]1CCC(=O)O1.CCC(O)[C@@H]1CCC(=O)O1.CC[C@H](O)[C@@H]1C[C@@H](C)C(=O)O1.CC[C@H](O[Si](c1ccccc1)(c1ccccc1)C(C)(C)C)[C@@H]1CCC(=O)O1.CC[C@H](O[Si](c1ccccc1)(c1ccccc1)C(C)(C)C)[C@@H]1C[C@@H](C)C(=O)O1.O=C1CC[C@@H](C(=O)Cl)O1.O=C1CC[C@@H](C(=O)O)O1. The quantitative estimate of drug-likeness (QED) is 0.0320. The van der Waals surface area contributed by atoms with Crippen LogP contribution in [0.3, 0.4) is 0 Å². The molecule has 3 N–H and O–H groups in total. The summed E-state index contributed by atoms with van der Waals surface area (Å²) in [6.45, 7) is 27.2. The Labute approximate surface area is 619 Å². The fourth-order valence-corrected chi connectivity index (χ4v) is 22.9. The van der Waals surface area contributed by atoms with Gasteiger partial charge < -0.3 is 57.3 Å². The fourth-order valence-electron chi connectivity index (χ4n) is 13.2. The summed E-state index contributed by atoms with van der Waals surface area (Å²) in [5.41, 5.74) is 0. The van der Waals surface area contributed by atoms with E-state index in [4.69, 9.17) is 49.2 Å². The van der Waals surface area contributed by atoms with Gasteiger partial charge >= 0.3 is 47.8 Å². The van der Waals surface area contributed by atoms with Crippen molar-refractivity contribution < 1.29 is 105 Å². The number of carbonyl (C=O) groups excluding carboxylic acids is 9. The van der Waals surface area contributed by atoms with Gasteiger partial charge in [-0.1, -0.05) is 211 Å². The fraction of sp³-hybridized carbons (Fsp3) is 0.570. The minimum Gasteiger partial charge on any atom is -0.479 e. The molecule has 0 radical (unpaired) electrons. The van der Waals surface area contributed by atoms with Gasteiger partial charge in [-0.15, -0.1) is 0 Å². The topological polar surface area (TPSA) is 314 Å². The average molecular weight is 1500 g/mol. The first-order chi connectivity index (χ1) is 49.2. The molecule has 104 heavy (non-hydrogen) atoms. The first kappa shape index (κ1) is 87.2. The van der Waals surface area contributed by atoms with Crippen molar-refractivity contribution in [3.63, 3.8) is 0 Å². The largest absolute Gasteiger partial charge is 0.479 e. The molecule has 7 heterocycles. The number of halogens is 1. The molecular weight excluding hydrogens is 1390 g/mol. The molecule has 0 bridgehead atoms. The third-order valence-corrected chi connectivity index (χ3v) is 29.4. The number of Topliss-reactive ketones (excluding diaryl/α,β-unsaturated/α-hetero) is 1. The number of hydrogen-bond donors (Lipinski definition) is 3. The third kappa shape index (κ3) is 24.6. The van der Waals surface area contributed by atoms with Crippen LogP contribution in [-0.4, -0.2) is 158 Å². The highest BCUT2D eigenvalue weighted by atomic mass is 35.5. The minimum absolute atomic E-state index is 0.0332. The second kappa shape index (κ2) is 41.4. The molecule has 7 aliphatic heterocycles. The molecule has 11 rings (SSSR count). The minimum atomic E-state index is -2.64. The second-order valence-electron chi connectivity index (χ2n) is 28.8. The zero-order chi connectivity index (χ0) is 77.1. The predicted octanol–water partition coefficient (Wildman–Crippen LogP) is 10.4. The van der Waals surface area contributed by atoms with Crippen LogP contribution in [0.2, 0.25) is 10.1 Å². The van der Waals surface area contributed by atoms with E-state index >= 15 is 0 Å². The highest BCUT2D eigenvalue weighted by Crippen LogP contribution is 2.41. The van der Waals surface area contributed by atoms with Gasteiger partial charge in [0.15, 0.2) is 24.1 Å². The number of aliphatic carboxylic acids is 1. The number of aliphatic hydroxyl groups is 2. The van der Waals surface area contributed by atoms with Crippen LogP contribution in [0.15, 0.2) is 121 Å². The monoisotopic (exact) mass is 1500 g/mol. The van der Waals surface area contributed by atoms with Gasteiger partial charge in [0, 0.05) is 57.8 Å². The number of ether oxygens (including phenoxy) is 7. The lowest BCUT2D eigenvalue weighted by molar-refractivity contribution is -0.156. The van der Waals surface area contributed by atoms with Crippen molar-refractivity contribution in [3.8, 4) is 0 Å². The molecule has 0 amide bonds. The van der Waals surface area contributed by atoms with Gasteiger partial charge in [0.2, 0.25) is 0 Å². The first-order valence-corrected chi connectivity index (χ1v) is 40.7. The Morgan fingerprint density at radius 1 is 0.433 bits per heavy atom. The molecule has 4 aromatic rings. The van der Waals surface area contributed by atoms with Crippen molar-refractivity contribution in [2.75, 3.05) is 0 Å². The maximum atomic E-state index is 12.0. The summed E-state index contributed by atoms with van der Waals surface area (Å²) in [5.74, 6) is -2.68. The number of cyclic esters (lactones) is 7. The number of aliphatic hydroxyl groups excluding tert-OH is 2. The highest BCUT2D eigenvalue weighted by molar-refractivity contribution is 7.00. The Morgan fingerprint density at radius 3 is 0.990 bits per heavy atom. The van der Waals surface area contributed by atoms with Crippen molar-refractivity contribution >= 4 is 108 Å². The second-order valence-corrected chi connectivity index (χ2v) is 37.7. The average Bonchev–Trinajstić information content (AvgIpc) is 1.07. The van der Waals surface area contributed by atoms with E-state index in [0.29, 0.717) is 77.0 Å². The van der Waals surface area contributed by atoms with Crippen LogP contribution in [-0.2, 0) is 90.0 Å². The molecule has 0 spiro atoms. The van der Waals surface area contributed by atoms with Gasteiger partial charge in [0.1, 0.15) is 24.4 Å². The number of carbonyl (C=O) groups is 10. The van der Waals surface area contributed by atoms with Gasteiger partial charge in [-0.05, 0) is 93.8 Å². The predicted molar refractivity (Wildman–Crippen MR) is 395 cm³/mol. The molecular formula is C79H109ClO22Si2. The molecule has 0 aliphatic carbocycles. The lowest BCUT2D eigenvalue weighted by atomic mass is 10.0. The van der Waals surface area contributed by atoms with Gasteiger partial charge in [0.05, 0.1) is 36.3 Å². The Morgan fingerprint density at radius 2 is 0.740 bits per heavy atom. The van der Waals surface area contributed by atoms with Gasteiger partial charge in [-0.3, -0.25) is 43.2 Å². The number of rotatable bonds is 20. The summed E-state index contributed by atoms with van der Waals surface area (Å²) in [6, 6.07) is 42.5. The molecule has 0 aromatic heterocycles. The number of esters is 7. The number of benzene rings is 4. The van der Waals surface area contributed by atoms with Crippen LogP contribution in [0.4, 0.5) is 0 Å². The van der Waals surface area contributed by atoms with Crippen LogP contribution >= 0.6 is 11.6 Å². The Kier molecular flexibility index (Phi) is 34.7. The highest BCUT2D eigenvalue weighted by Gasteiger charge is 2.55. The number of hydrogen-bond acceptors (Lipinski definition) is 21.